The number of allylic oxidation sites excluding steroid dienone is 2. The quantitative estimate of drug-likeness (QED) is 0.694. The minimum absolute atomic E-state index is 1.19. The van der Waals surface area contributed by atoms with Crippen molar-refractivity contribution in [2.24, 2.45) is 4.99 Å². The molecule has 0 radical (unpaired) electrons. The molecule has 0 saturated carbocycles. The first-order chi connectivity index (χ1) is 6.61. The van der Waals surface area contributed by atoms with Crippen molar-refractivity contribution in [3.05, 3.63) is 28.6 Å². The van der Waals surface area contributed by atoms with E-state index in [9.17, 15) is 0 Å². The Hall–Kier alpha value is -1.31. The second-order valence-corrected chi connectivity index (χ2v) is 3.51. The van der Waals surface area contributed by atoms with Gasteiger partial charge >= 0.3 is 0 Å². The smallest absolute Gasteiger partial charge is 0.0284 e. The number of hydrogen-bond acceptors (Lipinski definition) is 1. The van der Waals surface area contributed by atoms with E-state index < -0.39 is 0 Å². The van der Waals surface area contributed by atoms with Crippen LogP contribution < -0.4 is 0 Å². The second-order valence-electron chi connectivity index (χ2n) is 3.51. The van der Waals surface area contributed by atoms with Crippen LogP contribution in [0.1, 0.15) is 29.4 Å². The lowest BCUT2D eigenvalue weighted by Crippen LogP contribution is -1.89. The standard InChI is InChI=1S/C12H18N2/c1-6-11(7-13-5)12-8(2)9(3)14-10(12)4/h6-7,14H,1-5H3/b11-6+,13-7?. The number of hydrogen-bond donors (Lipinski definition) is 1. The van der Waals surface area contributed by atoms with Gasteiger partial charge in [-0.2, -0.15) is 0 Å². The van der Waals surface area contributed by atoms with E-state index >= 15 is 0 Å². The van der Waals surface area contributed by atoms with E-state index in [0.717, 1.165) is 0 Å². The number of aromatic amines is 1. The molecular weight excluding hydrogens is 172 g/mol. The van der Waals surface area contributed by atoms with Gasteiger partial charge in [0.15, 0.2) is 0 Å². The Labute approximate surface area is 85.8 Å². The first kappa shape index (κ1) is 10.8. The first-order valence-corrected chi connectivity index (χ1v) is 4.86. The van der Waals surface area contributed by atoms with E-state index in [1.165, 1.54) is 28.1 Å². The van der Waals surface area contributed by atoms with Crippen molar-refractivity contribution in [1.82, 2.24) is 4.98 Å². The molecule has 14 heavy (non-hydrogen) atoms. The average Bonchev–Trinajstić information content (AvgIpc) is 2.39. The van der Waals surface area contributed by atoms with Gasteiger partial charge < -0.3 is 4.98 Å². The molecule has 0 aliphatic heterocycles. The monoisotopic (exact) mass is 190 g/mol. The van der Waals surface area contributed by atoms with Crippen molar-refractivity contribution < 1.29 is 0 Å². The Morgan fingerprint density at radius 1 is 1.21 bits per heavy atom. The van der Waals surface area contributed by atoms with Crippen molar-refractivity contribution in [2.45, 2.75) is 27.7 Å². The molecule has 0 aromatic carbocycles. The molecule has 1 heterocycles. The fourth-order valence-electron chi connectivity index (χ4n) is 1.76. The molecule has 2 heteroatoms. The van der Waals surface area contributed by atoms with Gasteiger partial charge in [-0.25, -0.2) is 0 Å². The van der Waals surface area contributed by atoms with Gasteiger partial charge in [0.2, 0.25) is 0 Å². The molecule has 0 fully saturated rings. The number of H-pyrrole nitrogens is 1. The van der Waals surface area contributed by atoms with Crippen LogP contribution in [0.2, 0.25) is 0 Å². The highest BCUT2D eigenvalue weighted by molar-refractivity contribution is 6.10. The van der Waals surface area contributed by atoms with Gasteiger partial charge in [0.05, 0.1) is 0 Å². The normalized spacial score (nSPS) is 12.8. The Morgan fingerprint density at radius 2 is 1.86 bits per heavy atom. The van der Waals surface area contributed by atoms with Crippen molar-refractivity contribution in [2.75, 3.05) is 7.05 Å². The summed E-state index contributed by atoms with van der Waals surface area (Å²) in [4.78, 5) is 7.41. The first-order valence-electron chi connectivity index (χ1n) is 4.86. The number of aliphatic imine (C=N–C) groups is 1. The molecule has 1 aromatic heterocycles. The third-order valence-corrected chi connectivity index (χ3v) is 2.56. The fraction of sp³-hybridized carbons (Fsp3) is 0.417. The summed E-state index contributed by atoms with van der Waals surface area (Å²) in [5.74, 6) is 0. The fourth-order valence-corrected chi connectivity index (χ4v) is 1.76. The molecule has 0 aliphatic rings. The second kappa shape index (κ2) is 4.27. The number of nitrogens with one attached hydrogen (secondary N) is 1. The zero-order valence-electron chi connectivity index (χ0n) is 9.60. The van der Waals surface area contributed by atoms with Crippen LogP contribution in [-0.4, -0.2) is 18.2 Å². The van der Waals surface area contributed by atoms with E-state index in [0.29, 0.717) is 0 Å². The molecule has 2 nitrogen and oxygen atoms in total. The van der Waals surface area contributed by atoms with Gasteiger partial charge in [-0.05, 0) is 38.8 Å². The summed E-state index contributed by atoms with van der Waals surface area (Å²) in [6.45, 7) is 8.38. The molecule has 1 N–H and O–H groups in total. The van der Waals surface area contributed by atoms with E-state index in [-0.39, 0.29) is 0 Å². The van der Waals surface area contributed by atoms with Gasteiger partial charge in [-0.3, -0.25) is 4.99 Å². The Bertz CT molecular complexity index is 381. The van der Waals surface area contributed by atoms with Crippen LogP contribution >= 0.6 is 0 Å². The van der Waals surface area contributed by atoms with Crippen LogP contribution in [-0.2, 0) is 0 Å². The summed E-state index contributed by atoms with van der Waals surface area (Å²) in [7, 11) is 1.80. The maximum atomic E-state index is 4.07. The summed E-state index contributed by atoms with van der Waals surface area (Å²) >= 11 is 0. The van der Waals surface area contributed by atoms with Gasteiger partial charge in [0, 0.05) is 30.2 Å². The number of rotatable bonds is 2. The summed E-state index contributed by atoms with van der Waals surface area (Å²) in [6, 6.07) is 0. The topological polar surface area (TPSA) is 28.1 Å². The highest BCUT2D eigenvalue weighted by Gasteiger charge is 2.10. The molecule has 0 unspecified atom stereocenters. The van der Waals surface area contributed by atoms with E-state index in [1.807, 2.05) is 13.1 Å². The summed E-state index contributed by atoms with van der Waals surface area (Å²) < 4.78 is 0. The van der Waals surface area contributed by atoms with E-state index in [4.69, 9.17) is 0 Å². The molecule has 0 saturated heterocycles. The lowest BCUT2D eigenvalue weighted by molar-refractivity contribution is 1.17. The number of aromatic nitrogens is 1. The van der Waals surface area contributed by atoms with E-state index in [2.05, 4.69) is 36.8 Å². The van der Waals surface area contributed by atoms with Crippen molar-refractivity contribution in [3.8, 4) is 0 Å². The average molecular weight is 190 g/mol. The lowest BCUT2D eigenvalue weighted by atomic mass is 10.0. The third kappa shape index (κ3) is 1.79. The van der Waals surface area contributed by atoms with Crippen LogP contribution in [0.15, 0.2) is 11.1 Å². The minimum Gasteiger partial charge on any atom is -0.362 e. The summed E-state index contributed by atoms with van der Waals surface area (Å²) in [5.41, 5.74) is 6.24. The molecule has 0 aliphatic carbocycles. The molecule has 0 bridgehead atoms. The van der Waals surface area contributed by atoms with Gasteiger partial charge in [-0.1, -0.05) is 6.08 Å². The molecule has 0 spiro atoms. The van der Waals surface area contributed by atoms with Crippen LogP contribution in [0, 0.1) is 20.8 Å². The highest BCUT2D eigenvalue weighted by atomic mass is 14.7. The zero-order valence-corrected chi connectivity index (χ0v) is 9.60. The van der Waals surface area contributed by atoms with Crippen molar-refractivity contribution in [1.29, 1.82) is 0 Å². The predicted octanol–water partition coefficient (Wildman–Crippen LogP) is 3.04. The van der Waals surface area contributed by atoms with Crippen molar-refractivity contribution in [3.63, 3.8) is 0 Å². The molecule has 1 rings (SSSR count). The van der Waals surface area contributed by atoms with Crippen LogP contribution in [0.25, 0.3) is 5.57 Å². The van der Waals surface area contributed by atoms with Crippen LogP contribution in [0.4, 0.5) is 0 Å². The highest BCUT2D eigenvalue weighted by Crippen LogP contribution is 2.23. The van der Waals surface area contributed by atoms with Gasteiger partial charge in [0.1, 0.15) is 0 Å². The molecule has 0 amide bonds. The summed E-state index contributed by atoms with van der Waals surface area (Å²) in [6.07, 6.45) is 4.00. The Kier molecular flexibility index (Phi) is 3.28. The maximum absolute atomic E-state index is 4.07. The van der Waals surface area contributed by atoms with Gasteiger partial charge in [0.25, 0.3) is 0 Å². The third-order valence-electron chi connectivity index (χ3n) is 2.56. The lowest BCUT2D eigenvalue weighted by Gasteiger charge is -2.02. The Balaban J connectivity index is 3.30. The molecule has 0 atom stereocenters. The Morgan fingerprint density at radius 3 is 2.21 bits per heavy atom. The molecule has 76 valence electrons. The SMILES string of the molecule is C/C=C(\C=NC)c1c(C)[nH]c(C)c1C. The van der Waals surface area contributed by atoms with Crippen molar-refractivity contribution >= 4 is 11.8 Å². The number of nitrogens with zero attached hydrogens (tertiary/aromatic N) is 1. The van der Waals surface area contributed by atoms with Gasteiger partial charge in [-0.15, -0.1) is 0 Å². The molecular formula is C12H18N2. The largest absolute Gasteiger partial charge is 0.362 e. The minimum atomic E-state index is 1.19. The number of aryl methyl sites for hydroxylation is 2. The maximum Gasteiger partial charge on any atom is 0.0284 e. The predicted molar refractivity (Wildman–Crippen MR) is 63.1 cm³/mol. The summed E-state index contributed by atoms with van der Waals surface area (Å²) in [5, 5.41) is 0. The van der Waals surface area contributed by atoms with Crippen LogP contribution in [0.5, 0.6) is 0 Å². The van der Waals surface area contributed by atoms with E-state index in [1.54, 1.807) is 7.05 Å². The van der Waals surface area contributed by atoms with Crippen LogP contribution in [0.3, 0.4) is 0 Å². The zero-order chi connectivity index (χ0) is 10.7. The molecule has 1 aromatic rings.